The number of likely N-dealkylation sites (N-methyl/N-ethyl adjacent to an activating group) is 1. The average Bonchev–Trinajstić information content (AvgIpc) is 2.32. The van der Waals surface area contributed by atoms with E-state index < -0.39 is 6.03 Å². The van der Waals surface area contributed by atoms with Crippen LogP contribution in [0.15, 0.2) is 24.3 Å². The Labute approximate surface area is 103 Å². The molecule has 1 aromatic carbocycles. The number of rotatable bonds is 4. The van der Waals surface area contributed by atoms with Gasteiger partial charge in [-0.1, -0.05) is 11.6 Å². The zero-order valence-corrected chi connectivity index (χ0v) is 9.88. The van der Waals surface area contributed by atoms with E-state index >= 15 is 0 Å². The van der Waals surface area contributed by atoms with E-state index in [-0.39, 0.29) is 12.5 Å². The van der Waals surface area contributed by atoms with Gasteiger partial charge < -0.3 is 10.6 Å². The molecule has 92 valence electrons. The van der Waals surface area contributed by atoms with Gasteiger partial charge in [0.05, 0.1) is 0 Å². The molecule has 7 heteroatoms. The quantitative estimate of drug-likeness (QED) is 0.708. The number of carbonyl (C=O) groups is 2. The minimum Gasteiger partial charge on any atom is -0.357 e. The summed E-state index contributed by atoms with van der Waals surface area (Å²) in [6, 6.07) is 5.99. The largest absolute Gasteiger partial charge is 0.357 e. The second kappa shape index (κ2) is 6.72. The topological polar surface area (TPSA) is 79.5 Å². The smallest absolute Gasteiger partial charge is 0.343 e. The molecule has 0 aromatic heterocycles. The van der Waals surface area contributed by atoms with Gasteiger partial charge in [-0.2, -0.15) is 0 Å². The molecule has 0 fully saturated rings. The van der Waals surface area contributed by atoms with Crippen molar-refractivity contribution in [3.05, 3.63) is 29.3 Å². The Hall–Kier alpha value is -1.79. The van der Waals surface area contributed by atoms with Crippen molar-refractivity contribution in [3.63, 3.8) is 0 Å². The first-order chi connectivity index (χ1) is 8.11. The van der Waals surface area contributed by atoms with Crippen molar-refractivity contribution >= 4 is 29.2 Å². The monoisotopic (exact) mass is 257 g/mol. The van der Waals surface area contributed by atoms with E-state index in [0.717, 1.165) is 0 Å². The number of hydrogen-bond acceptors (Lipinski definition) is 3. The van der Waals surface area contributed by atoms with Crippen LogP contribution in [0.4, 0.5) is 10.5 Å². The highest BCUT2D eigenvalue weighted by Crippen LogP contribution is 2.12. The van der Waals surface area contributed by atoms with Crippen molar-refractivity contribution in [3.8, 4) is 0 Å². The minimum atomic E-state index is -0.573. The molecule has 1 aromatic rings. The first-order valence-corrected chi connectivity index (χ1v) is 5.14. The normalized spacial score (nSPS) is 9.53. The standard InChI is InChI=1S/C10H12ClN3O3/c1-12-9(15)6-17-14-10(16)13-8-4-2-7(11)3-5-8/h2-5H,6H2,1H3,(H,12,15)(H2,13,14,16). The van der Waals surface area contributed by atoms with Gasteiger partial charge in [-0.25, -0.2) is 10.3 Å². The summed E-state index contributed by atoms with van der Waals surface area (Å²) in [5.74, 6) is -0.336. The molecule has 0 bridgehead atoms. The highest BCUT2D eigenvalue weighted by atomic mass is 35.5. The molecule has 0 aliphatic rings. The third-order valence-corrected chi connectivity index (χ3v) is 2.00. The van der Waals surface area contributed by atoms with Gasteiger partial charge in [-0.05, 0) is 24.3 Å². The summed E-state index contributed by atoms with van der Waals surface area (Å²) in [4.78, 5) is 26.7. The molecular formula is C10H12ClN3O3. The van der Waals surface area contributed by atoms with Crippen molar-refractivity contribution in [2.24, 2.45) is 0 Å². The Morgan fingerprint density at radius 1 is 1.29 bits per heavy atom. The lowest BCUT2D eigenvalue weighted by Crippen LogP contribution is -2.33. The Kier molecular flexibility index (Phi) is 5.25. The van der Waals surface area contributed by atoms with Crippen molar-refractivity contribution in [2.75, 3.05) is 19.0 Å². The third-order valence-electron chi connectivity index (χ3n) is 1.75. The molecule has 0 saturated carbocycles. The van der Waals surface area contributed by atoms with Crippen LogP contribution in [0.25, 0.3) is 0 Å². The van der Waals surface area contributed by atoms with E-state index in [1.165, 1.54) is 7.05 Å². The predicted molar refractivity (Wildman–Crippen MR) is 63.6 cm³/mol. The number of nitrogens with one attached hydrogen (secondary N) is 3. The van der Waals surface area contributed by atoms with Crippen LogP contribution in [0.5, 0.6) is 0 Å². The van der Waals surface area contributed by atoms with Crippen molar-refractivity contribution < 1.29 is 14.4 Å². The first kappa shape index (κ1) is 13.3. The number of urea groups is 1. The summed E-state index contributed by atoms with van der Waals surface area (Å²) < 4.78 is 0. The highest BCUT2D eigenvalue weighted by molar-refractivity contribution is 6.30. The maximum atomic E-state index is 11.3. The van der Waals surface area contributed by atoms with E-state index in [4.69, 9.17) is 11.6 Å². The van der Waals surface area contributed by atoms with Crippen LogP contribution in [0.3, 0.4) is 0 Å². The maximum absolute atomic E-state index is 11.3. The van der Waals surface area contributed by atoms with E-state index in [1.807, 2.05) is 0 Å². The average molecular weight is 258 g/mol. The zero-order valence-electron chi connectivity index (χ0n) is 9.12. The lowest BCUT2D eigenvalue weighted by molar-refractivity contribution is -0.126. The molecule has 0 aliphatic heterocycles. The first-order valence-electron chi connectivity index (χ1n) is 4.76. The SMILES string of the molecule is CNC(=O)CONC(=O)Nc1ccc(Cl)cc1. The lowest BCUT2D eigenvalue weighted by atomic mass is 10.3. The number of hydroxylamine groups is 1. The summed E-state index contributed by atoms with van der Waals surface area (Å²) in [7, 11) is 1.47. The van der Waals surface area contributed by atoms with Crippen LogP contribution >= 0.6 is 11.6 Å². The molecule has 0 radical (unpaired) electrons. The van der Waals surface area contributed by atoms with Crippen LogP contribution in [0.2, 0.25) is 5.02 Å². The second-order valence-electron chi connectivity index (χ2n) is 3.02. The van der Waals surface area contributed by atoms with Gasteiger partial charge in [-0.3, -0.25) is 9.63 Å². The highest BCUT2D eigenvalue weighted by Gasteiger charge is 2.03. The zero-order chi connectivity index (χ0) is 12.7. The molecule has 1 rings (SSSR count). The molecule has 0 unspecified atom stereocenters. The van der Waals surface area contributed by atoms with Gasteiger partial charge in [0.15, 0.2) is 6.61 Å². The summed E-state index contributed by atoms with van der Waals surface area (Å²) in [6.07, 6.45) is 0. The Balaban J connectivity index is 2.30. The number of anilines is 1. The van der Waals surface area contributed by atoms with Gasteiger partial charge in [0.25, 0.3) is 0 Å². The van der Waals surface area contributed by atoms with Crippen LogP contribution in [0.1, 0.15) is 0 Å². The fourth-order valence-corrected chi connectivity index (χ4v) is 1.06. The van der Waals surface area contributed by atoms with Gasteiger partial charge >= 0.3 is 6.03 Å². The summed E-state index contributed by atoms with van der Waals surface area (Å²) in [5, 5.41) is 5.42. The number of amides is 3. The fraction of sp³-hybridized carbons (Fsp3) is 0.200. The Bertz CT molecular complexity index is 394. The third kappa shape index (κ3) is 5.19. The lowest BCUT2D eigenvalue weighted by Gasteiger charge is -2.07. The van der Waals surface area contributed by atoms with Crippen LogP contribution in [-0.4, -0.2) is 25.6 Å². The number of hydrogen-bond donors (Lipinski definition) is 3. The molecule has 0 atom stereocenters. The Morgan fingerprint density at radius 2 is 1.94 bits per heavy atom. The van der Waals surface area contributed by atoms with E-state index in [0.29, 0.717) is 10.7 Å². The fourth-order valence-electron chi connectivity index (χ4n) is 0.929. The van der Waals surface area contributed by atoms with Crippen LogP contribution in [-0.2, 0) is 9.63 Å². The number of halogens is 1. The predicted octanol–water partition coefficient (Wildman–Crippen LogP) is 1.14. The van der Waals surface area contributed by atoms with Gasteiger partial charge in [0, 0.05) is 17.8 Å². The molecule has 3 amide bonds. The molecule has 17 heavy (non-hydrogen) atoms. The summed E-state index contributed by atoms with van der Waals surface area (Å²) in [5.41, 5.74) is 2.63. The summed E-state index contributed by atoms with van der Waals surface area (Å²) >= 11 is 5.69. The van der Waals surface area contributed by atoms with Crippen molar-refractivity contribution in [2.45, 2.75) is 0 Å². The number of benzene rings is 1. The van der Waals surface area contributed by atoms with Crippen LogP contribution in [0, 0.1) is 0 Å². The van der Waals surface area contributed by atoms with Gasteiger partial charge in [0.2, 0.25) is 5.91 Å². The maximum Gasteiger partial charge on any atom is 0.343 e. The minimum absolute atomic E-state index is 0.245. The van der Waals surface area contributed by atoms with Crippen molar-refractivity contribution in [1.29, 1.82) is 0 Å². The molecule has 0 saturated heterocycles. The van der Waals surface area contributed by atoms with E-state index in [1.54, 1.807) is 24.3 Å². The molecule has 0 aliphatic carbocycles. The Morgan fingerprint density at radius 3 is 2.53 bits per heavy atom. The molecule has 0 heterocycles. The molecular weight excluding hydrogens is 246 g/mol. The van der Waals surface area contributed by atoms with Gasteiger partial charge in [0.1, 0.15) is 0 Å². The summed E-state index contributed by atoms with van der Waals surface area (Å²) in [6.45, 7) is -0.245. The molecule has 6 nitrogen and oxygen atoms in total. The van der Waals surface area contributed by atoms with Crippen molar-refractivity contribution in [1.82, 2.24) is 10.8 Å². The molecule has 0 spiro atoms. The van der Waals surface area contributed by atoms with E-state index in [9.17, 15) is 9.59 Å². The van der Waals surface area contributed by atoms with E-state index in [2.05, 4.69) is 21.0 Å². The second-order valence-corrected chi connectivity index (χ2v) is 3.46. The van der Waals surface area contributed by atoms with Crippen LogP contribution < -0.4 is 16.1 Å². The molecule has 3 N–H and O–H groups in total. The van der Waals surface area contributed by atoms with Gasteiger partial charge in [-0.15, -0.1) is 0 Å². The number of carbonyl (C=O) groups excluding carboxylic acids is 2.